The number of nitrogens with one attached hydrogen (secondary N) is 3. The van der Waals surface area contributed by atoms with E-state index in [1.54, 1.807) is 7.05 Å². The van der Waals surface area contributed by atoms with Crippen LogP contribution in [0, 0.1) is 0 Å². The second-order valence-corrected chi connectivity index (χ2v) is 4.43. The Hall–Kier alpha value is -2.30. The molecule has 0 aliphatic heterocycles. The summed E-state index contributed by atoms with van der Waals surface area (Å²) in [6.45, 7) is 1.41. The first-order valence-corrected chi connectivity index (χ1v) is 6.15. The number of aromatic amines is 1. The highest BCUT2D eigenvalue weighted by atomic mass is 16.2. The maximum atomic E-state index is 11.8. The van der Waals surface area contributed by atoms with Crippen molar-refractivity contribution in [2.45, 2.75) is 19.4 Å². The molecule has 1 heterocycles. The highest BCUT2D eigenvalue weighted by molar-refractivity contribution is 5.88. The number of rotatable bonds is 4. The molecule has 1 atom stereocenters. The van der Waals surface area contributed by atoms with E-state index in [1.807, 2.05) is 30.5 Å². The molecule has 0 aliphatic rings. The molecule has 0 fully saturated rings. The summed E-state index contributed by atoms with van der Waals surface area (Å²) in [5.74, 6) is -0.408. The molecule has 3 N–H and O–H groups in total. The molecule has 1 aromatic carbocycles. The maximum Gasteiger partial charge on any atom is 0.242 e. The Bertz CT molecular complexity index is 604. The van der Waals surface area contributed by atoms with Crippen LogP contribution in [0.25, 0.3) is 10.9 Å². The van der Waals surface area contributed by atoms with Gasteiger partial charge in [0.05, 0.1) is 0 Å². The summed E-state index contributed by atoms with van der Waals surface area (Å²) in [5.41, 5.74) is 2.04. The monoisotopic (exact) mass is 259 g/mol. The van der Waals surface area contributed by atoms with Crippen molar-refractivity contribution in [2.24, 2.45) is 0 Å². The zero-order valence-corrected chi connectivity index (χ0v) is 11.0. The van der Waals surface area contributed by atoms with E-state index in [-0.39, 0.29) is 11.8 Å². The summed E-state index contributed by atoms with van der Waals surface area (Å²) in [6.07, 6.45) is 2.34. The van der Waals surface area contributed by atoms with Crippen LogP contribution in [0.3, 0.4) is 0 Å². The van der Waals surface area contributed by atoms with Gasteiger partial charge in [-0.1, -0.05) is 18.2 Å². The van der Waals surface area contributed by atoms with Crippen LogP contribution in [-0.2, 0) is 16.0 Å². The number of amides is 2. The van der Waals surface area contributed by atoms with Gasteiger partial charge in [-0.3, -0.25) is 9.59 Å². The van der Waals surface area contributed by atoms with E-state index in [9.17, 15) is 9.59 Å². The zero-order chi connectivity index (χ0) is 13.8. The van der Waals surface area contributed by atoms with E-state index in [4.69, 9.17) is 0 Å². The highest BCUT2D eigenvalue weighted by Gasteiger charge is 2.20. The van der Waals surface area contributed by atoms with Crippen molar-refractivity contribution in [3.8, 4) is 0 Å². The van der Waals surface area contributed by atoms with E-state index in [2.05, 4.69) is 15.6 Å². The molecule has 19 heavy (non-hydrogen) atoms. The molecule has 1 aromatic heterocycles. The summed E-state index contributed by atoms with van der Waals surface area (Å²) in [5, 5.41) is 6.31. The molecule has 0 aliphatic carbocycles. The molecule has 1 unspecified atom stereocenters. The summed E-state index contributed by atoms with van der Waals surface area (Å²) < 4.78 is 0. The Morgan fingerprint density at radius 3 is 2.74 bits per heavy atom. The number of aromatic nitrogens is 1. The molecule has 2 amide bonds. The second kappa shape index (κ2) is 5.56. The first-order chi connectivity index (χ1) is 9.11. The fraction of sp³-hybridized carbons (Fsp3) is 0.286. The summed E-state index contributed by atoms with van der Waals surface area (Å²) >= 11 is 0. The van der Waals surface area contributed by atoms with E-state index in [1.165, 1.54) is 6.92 Å². The molecule has 100 valence electrons. The average Bonchev–Trinajstić information content (AvgIpc) is 2.80. The van der Waals surface area contributed by atoms with Gasteiger partial charge < -0.3 is 15.6 Å². The number of hydrogen-bond donors (Lipinski definition) is 3. The lowest BCUT2D eigenvalue weighted by atomic mass is 10.0. The van der Waals surface area contributed by atoms with Gasteiger partial charge in [-0.15, -0.1) is 0 Å². The fourth-order valence-electron chi connectivity index (χ4n) is 2.15. The van der Waals surface area contributed by atoms with Gasteiger partial charge in [-0.05, 0) is 11.6 Å². The van der Waals surface area contributed by atoms with Gasteiger partial charge in [0.15, 0.2) is 0 Å². The van der Waals surface area contributed by atoms with E-state index >= 15 is 0 Å². The van der Waals surface area contributed by atoms with Gasteiger partial charge in [-0.25, -0.2) is 0 Å². The van der Waals surface area contributed by atoms with Gasteiger partial charge in [-0.2, -0.15) is 0 Å². The molecular weight excluding hydrogens is 242 g/mol. The lowest BCUT2D eigenvalue weighted by Crippen LogP contribution is -2.46. The van der Waals surface area contributed by atoms with E-state index < -0.39 is 6.04 Å². The summed E-state index contributed by atoms with van der Waals surface area (Å²) in [6, 6.07) is 7.32. The molecule has 0 radical (unpaired) electrons. The molecule has 0 bridgehead atoms. The molecule has 0 spiro atoms. The minimum Gasteiger partial charge on any atom is -0.361 e. The molecule has 2 aromatic rings. The standard InChI is InChI=1S/C14H17N3O2/c1-9(18)17-13(14(19)15-2)7-10-8-16-12-6-4-3-5-11(10)12/h3-6,8,13,16H,7H2,1-2H3,(H,15,19)(H,17,18). The van der Waals surface area contributed by atoms with Crippen molar-refractivity contribution >= 4 is 22.7 Å². The smallest absolute Gasteiger partial charge is 0.242 e. The Morgan fingerprint density at radius 2 is 2.05 bits per heavy atom. The molecule has 2 rings (SSSR count). The van der Waals surface area contributed by atoms with Gasteiger partial charge in [0.2, 0.25) is 11.8 Å². The predicted molar refractivity (Wildman–Crippen MR) is 73.7 cm³/mol. The lowest BCUT2D eigenvalue weighted by molar-refractivity contribution is -0.127. The third-order valence-corrected chi connectivity index (χ3v) is 3.04. The molecule has 0 saturated carbocycles. The first kappa shape index (κ1) is 13.1. The van der Waals surface area contributed by atoms with Crippen molar-refractivity contribution in [1.82, 2.24) is 15.6 Å². The normalized spacial score (nSPS) is 12.1. The quantitative estimate of drug-likeness (QED) is 0.765. The van der Waals surface area contributed by atoms with Gasteiger partial charge in [0.25, 0.3) is 0 Å². The molecule has 5 heteroatoms. The van der Waals surface area contributed by atoms with Crippen LogP contribution in [0.5, 0.6) is 0 Å². The van der Waals surface area contributed by atoms with E-state index in [0.717, 1.165) is 16.5 Å². The third-order valence-electron chi connectivity index (χ3n) is 3.04. The fourth-order valence-corrected chi connectivity index (χ4v) is 2.15. The number of para-hydroxylation sites is 1. The Labute approximate surface area is 111 Å². The van der Waals surface area contributed by atoms with E-state index in [0.29, 0.717) is 6.42 Å². The third kappa shape index (κ3) is 2.93. The van der Waals surface area contributed by atoms with Crippen molar-refractivity contribution in [3.63, 3.8) is 0 Å². The van der Waals surface area contributed by atoms with Crippen LogP contribution in [0.1, 0.15) is 12.5 Å². The predicted octanol–water partition coefficient (Wildman–Crippen LogP) is 0.961. The Kier molecular flexibility index (Phi) is 3.85. The van der Waals surface area contributed by atoms with Crippen LogP contribution in [0.4, 0.5) is 0 Å². The number of benzene rings is 1. The number of carbonyl (C=O) groups excluding carboxylic acids is 2. The Balaban J connectivity index is 2.25. The van der Waals surface area contributed by atoms with Gasteiger partial charge in [0, 0.05) is 37.5 Å². The largest absolute Gasteiger partial charge is 0.361 e. The maximum absolute atomic E-state index is 11.8. The van der Waals surface area contributed by atoms with Gasteiger partial charge >= 0.3 is 0 Å². The topological polar surface area (TPSA) is 74.0 Å². The highest BCUT2D eigenvalue weighted by Crippen LogP contribution is 2.19. The van der Waals surface area contributed by atoms with Gasteiger partial charge in [0.1, 0.15) is 6.04 Å². The van der Waals surface area contributed by atoms with Crippen LogP contribution in [0.15, 0.2) is 30.5 Å². The summed E-state index contributed by atoms with van der Waals surface area (Å²) in [4.78, 5) is 26.1. The molecular formula is C14H17N3O2. The van der Waals surface area contributed by atoms with Crippen molar-refractivity contribution < 1.29 is 9.59 Å². The minimum atomic E-state index is -0.554. The van der Waals surface area contributed by atoms with Crippen LogP contribution in [-0.4, -0.2) is 29.9 Å². The first-order valence-electron chi connectivity index (χ1n) is 6.15. The molecule has 5 nitrogen and oxygen atoms in total. The number of fused-ring (bicyclic) bond motifs is 1. The Morgan fingerprint density at radius 1 is 1.32 bits per heavy atom. The number of H-pyrrole nitrogens is 1. The van der Waals surface area contributed by atoms with Crippen molar-refractivity contribution in [3.05, 3.63) is 36.0 Å². The van der Waals surface area contributed by atoms with Crippen LogP contribution < -0.4 is 10.6 Å². The SMILES string of the molecule is CNC(=O)C(Cc1c[nH]c2ccccc12)NC(C)=O. The van der Waals surface area contributed by atoms with Crippen molar-refractivity contribution in [2.75, 3.05) is 7.05 Å². The number of hydrogen-bond acceptors (Lipinski definition) is 2. The summed E-state index contributed by atoms with van der Waals surface area (Å²) in [7, 11) is 1.56. The molecule has 0 saturated heterocycles. The van der Waals surface area contributed by atoms with Crippen LogP contribution in [0.2, 0.25) is 0 Å². The average molecular weight is 259 g/mol. The zero-order valence-electron chi connectivity index (χ0n) is 11.0. The minimum absolute atomic E-state index is 0.194. The van der Waals surface area contributed by atoms with Crippen molar-refractivity contribution in [1.29, 1.82) is 0 Å². The number of carbonyl (C=O) groups is 2. The number of likely N-dealkylation sites (N-methyl/N-ethyl adjacent to an activating group) is 1. The second-order valence-electron chi connectivity index (χ2n) is 4.43. The lowest BCUT2D eigenvalue weighted by Gasteiger charge is -2.15. The van der Waals surface area contributed by atoms with Crippen LogP contribution >= 0.6 is 0 Å².